The Bertz CT molecular complexity index is 541. The highest BCUT2D eigenvalue weighted by Crippen LogP contribution is 2.35. The lowest BCUT2D eigenvalue weighted by Gasteiger charge is -2.14. The number of hydrogen-bond donors (Lipinski definition) is 0. The second kappa shape index (κ2) is 6.30. The molecular formula is C16H15ClO2. The first-order valence-electron chi connectivity index (χ1n) is 5.89. The van der Waals surface area contributed by atoms with Crippen LogP contribution < -0.4 is 9.47 Å². The third kappa shape index (κ3) is 2.74. The number of para-hydroxylation sites is 2. The molecule has 98 valence electrons. The van der Waals surface area contributed by atoms with Crippen LogP contribution in [-0.4, -0.2) is 14.2 Å². The number of benzene rings is 2. The molecule has 0 unspecified atom stereocenters. The van der Waals surface area contributed by atoms with Crippen molar-refractivity contribution in [1.29, 1.82) is 0 Å². The Labute approximate surface area is 118 Å². The van der Waals surface area contributed by atoms with Crippen molar-refractivity contribution < 1.29 is 9.47 Å². The molecule has 0 radical (unpaired) electrons. The van der Waals surface area contributed by atoms with Crippen molar-refractivity contribution in [2.75, 3.05) is 14.2 Å². The van der Waals surface area contributed by atoms with Crippen molar-refractivity contribution >= 4 is 17.2 Å². The van der Waals surface area contributed by atoms with Gasteiger partial charge in [0.25, 0.3) is 0 Å². The number of methoxy groups -OCH3 is 2. The molecule has 0 N–H and O–H groups in total. The molecule has 0 aromatic heterocycles. The van der Waals surface area contributed by atoms with Gasteiger partial charge in [-0.1, -0.05) is 48.0 Å². The molecule has 0 saturated heterocycles. The zero-order valence-electron chi connectivity index (χ0n) is 10.9. The van der Waals surface area contributed by atoms with Crippen LogP contribution in [0.3, 0.4) is 0 Å². The van der Waals surface area contributed by atoms with E-state index in [1.165, 1.54) is 0 Å². The lowest BCUT2D eigenvalue weighted by atomic mass is 9.98. The van der Waals surface area contributed by atoms with Gasteiger partial charge in [-0.15, -0.1) is 0 Å². The van der Waals surface area contributed by atoms with E-state index >= 15 is 0 Å². The van der Waals surface area contributed by atoms with Gasteiger partial charge in [-0.2, -0.15) is 0 Å². The minimum atomic E-state index is 0.778. The molecular weight excluding hydrogens is 260 g/mol. The third-order valence-electron chi connectivity index (χ3n) is 2.90. The van der Waals surface area contributed by atoms with Crippen LogP contribution in [0.25, 0.3) is 5.57 Å². The fourth-order valence-electron chi connectivity index (χ4n) is 2.00. The zero-order chi connectivity index (χ0) is 13.7. The van der Waals surface area contributed by atoms with Crippen molar-refractivity contribution in [3.8, 4) is 11.5 Å². The topological polar surface area (TPSA) is 18.5 Å². The third-order valence-corrected chi connectivity index (χ3v) is 3.12. The molecule has 0 bridgehead atoms. The second-order valence-electron chi connectivity index (χ2n) is 3.92. The van der Waals surface area contributed by atoms with Gasteiger partial charge in [0.15, 0.2) is 0 Å². The summed E-state index contributed by atoms with van der Waals surface area (Å²) in [5.74, 6) is 1.56. The summed E-state index contributed by atoms with van der Waals surface area (Å²) in [6.45, 7) is 0. The molecule has 0 saturated carbocycles. The van der Waals surface area contributed by atoms with Gasteiger partial charge >= 0.3 is 0 Å². The summed E-state index contributed by atoms with van der Waals surface area (Å²) in [5, 5.41) is 0. The van der Waals surface area contributed by atoms with Crippen LogP contribution in [0.5, 0.6) is 11.5 Å². The van der Waals surface area contributed by atoms with Crippen molar-refractivity contribution in [1.82, 2.24) is 0 Å². The summed E-state index contributed by atoms with van der Waals surface area (Å²) in [4.78, 5) is 0. The average molecular weight is 275 g/mol. The minimum Gasteiger partial charge on any atom is -0.496 e. The lowest BCUT2D eigenvalue weighted by Crippen LogP contribution is -1.95. The van der Waals surface area contributed by atoms with Crippen LogP contribution in [0.1, 0.15) is 11.1 Å². The molecule has 2 nitrogen and oxygen atoms in total. The number of rotatable bonds is 4. The molecule has 0 spiro atoms. The second-order valence-corrected chi connectivity index (χ2v) is 4.14. The van der Waals surface area contributed by atoms with Gasteiger partial charge in [0.05, 0.1) is 14.2 Å². The summed E-state index contributed by atoms with van der Waals surface area (Å²) in [6, 6.07) is 15.5. The Morgan fingerprint density at radius 1 is 0.842 bits per heavy atom. The number of ether oxygens (including phenoxy) is 2. The Balaban J connectivity index is 2.57. The van der Waals surface area contributed by atoms with Gasteiger partial charge in [0.1, 0.15) is 11.5 Å². The van der Waals surface area contributed by atoms with E-state index in [-0.39, 0.29) is 0 Å². The van der Waals surface area contributed by atoms with E-state index in [4.69, 9.17) is 21.1 Å². The van der Waals surface area contributed by atoms with Crippen molar-refractivity contribution in [3.05, 3.63) is 65.2 Å². The van der Waals surface area contributed by atoms with Gasteiger partial charge in [-0.25, -0.2) is 0 Å². The van der Waals surface area contributed by atoms with Crippen LogP contribution >= 0.6 is 11.6 Å². The molecule has 2 aromatic rings. The zero-order valence-corrected chi connectivity index (χ0v) is 11.6. The first-order valence-corrected chi connectivity index (χ1v) is 6.32. The summed E-state index contributed by atoms with van der Waals surface area (Å²) < 4.78 is 10.8. The number of halogens is 1. The highest BCUT2D eigenvalue weighted by Gasteiger charge is 2.13. The summed E-state index contributed by atoms with van der Waals surface area (Å²) in [5.41, 5.74) is 4.29. The Kier molecular flexibility index (Phi) is 4.48. The van der Waals surface area contributed by atoms with Crippen LogP contribution in [0.2, 0.25) is 0 Å². The van der Waals surface area contributed by atoms with Gasteiger partial charge in [-0.05, 0) is 12.1 Å². The molecule has 0 aliphatic rings. The SMILES string of the molecule is COc1ccccc1C(=CCl)c1ccccc1OC. The highest BCUT2D eigenvalue weighted by atomic mass is 35.5. The summed E-state index contributed by atoms with van der Waals surface area (Å²) in [7, 11) is 3.29. The predicted molar refractivity (Wildman–Crippen MR) is 78.9 cm³/mol. The molecule has 0 heterocycles. The normalized spacial score (nSPS) is 9.84. The fraction of sp³-hybridized carbons (Fsp3) is 0.125. The van der Waals surface area contributed by atoms with Crippen molar-refractivity contribution in [3.63, 3.8) is 0 Å². The smallest absolute Gasteiger partial charge is 0.126 e. The maximum Gasteiger partial charge on any atom is 0.126 e. The summed E-state index contributed by atoms with van der Waals surface area (Å²) in [6.07, 6.45) is 0. The monoisotopic (exact) mass is 274 g/mol. The van der Waals surface area contributed by atoms with Crippen LogP contribution in [0, 0.1) is 0 Å². The fourth-order valence-corrected chi connectivity index (χ4v) is 2.23. The molecule has 0 fully saturated rings. The van der Waals surface area contributed by atoms with Gasteiger partial charge in [0.2, 0.25) is 0 Å². The van der Waals surface area contributed by atoms with E-state index in [1.54, 1.807) is 19.8 Å². The van der Waals surface area contributed by atoms with Gasteiger partial charge in [0, 0.05) is 22.2 Å². The van der Waals surface area contributed by atoms with E-state index in [9.17, 15) is 0 Å². The average Bonchev–Trinajstić information content (AvgIpc) is 2.49. The molecule has 2 aromatic carbocycles. The Hall–Kier alpha value is -1.93. The lowest BCUT2D eigenvalue weighted by molar-refractivity contribution is 0.411. The first-order chi connectivity index (χ1) is 9.31. The van der Waals surface area contributed by atoms with E-state index in [0.29, 0.717) is 0 Å². The van der Waals surface area contributed by atoms with Gasteiger partial charge in [-0.3, -0.25) is 0 Å². The van der Waals surface area contributed by atoms with E-state index in [1.807, 2.05) is 48.5 Å². The standard InChI is InChI=1S/C16H15ClO2/c1-18-15-9-5-3-7-12(15)14(11-17)13-8-4-6-10-16(13)19-2/h3-11H,1-2H3. The highest BCUT2D eigenvalue weighted by molar-refractivity contribution is 6.29. The Morgan fingerprint density at radius 3 is 1.63 bits per heavy atom. The largest absolute Gasteiger partial charge is 0.496 e. The summed E-state index contributed by atoms with van der Waals surface area (Å²) >= 11 is 6.02. The predicted octanol–water partition coefficient (Wildman–Crippen LogP) is 4.33. The molecule has 0 atom stereocenters. The van der Waals surface area contributed by atoms with E-state index in [2.05, 4.69) is 0 Å². The molecule has 0 amide bonds. The molecule has 2 rings (SSSR count). The first kappa shape index (κ1) is 13.5. The van der Waals surface area contributed by atoms with Gasteiger partial charge < -0.3 is 9.47 Å². The Morgan fingerprint density at radius 2 is 1.26 bits per heavy atom. The quantitative estimate of drug-likeness (QED) is 0.826. The van der Waals surface area contributed by atoms with Crippen LogP contribution in [0.4, 0.5) is 0 Å². The molecule has 0 aliphatic heterocycles. The number of hydrogen-bond acceptors (Lipinski definition) is 2. The molecule has 19 heavy (non-hydrogen) atoms. The van der Waals surface area contributed by atoms with E-state index < -0.39 is 0 Å². The van der Waals surface area contributed by atoms with Crippen molar-refractivity contribution in [2.24, 2.45) is 0 Å². The minimum absolute atomic E-state index is 0.778. The van der Waals surface area contributed by atoms with Crippen LogP contribution in [0.15, 0.2) is 54.1 Å². The van der Waals surface area contributed by atoms with Crippen LogP contribution in [-0.2, 0) is 0 Å². The molecule has 3 heteroatoms. The molecule has 0 aliphatic carbocycles. The van der Waals surface area contributed by atoms with E-state index in [0.717, 1.165) is 28.2 Å². The maximum absolute atomic E-state index is 6.02. The maximum atomic E-state index is 6.02. The van der Waals surface area contributed by atoms with Crippen molar-refractivity contribution in [2.45, 2.75) is 0 Å².